The molecule has 0 radical (unpaired) electrons. The van der Waals surface area contributed by atoms with Crippen LogP contribution in [0.3, 0.4) is 0 Å². The van der Waals surface area contributed by atoms with Gasteiger partial charge in [0.2, 0.25) is 0 Å². The maximum atomic E-state index is 12.9. The van der Waals surface area contributed by atoms with Crippen molar-refractivity contribution in [2.24, 2.45) is 5.10 Å². The van der Waals surface area contributed by atoms with Gasteiger partial charge in [0.05, 0.1) is 15.7 Å². The number of rotatable bonds is 9. The zero-order valence-electron chi connectivity index (χ0n) is 18.5. The number of amides is 2. The van der Waals surface area contributed by atoms with E-state index in [2.05, 4.69) is 31.8 Å². The quantitative estimate of drug-likeness (QED) is 0.243. The smallest absolute Gasteiger partial charge is 0.262 e. The van der Waals surface area contributed by atoms with E-state index in [0.29, 0.717) is 20.8 Å². The van der Waals surface area contributed by atoms with Crippen LogP contribution < -0.4 is 15.5 Å². The summed E-state index contributed by atoms with van der Waals surface area (Å²) < 4.78 is 6.16. The highest BCUT2D eigenvalue weighted by Crippen LogP contribution is 2.28. The van der Waals surface area contributed by atoms with Crippen LogP contribution in [0.15, 0.2) is 76.3 Å². The van der Waals surface area contributed by atoms with Gasteiger partial charge in [-0.25, -0.2) is 5.43 Å². The van der Waals surface area contributed by atoms with Crippen LogP contribution in [0.1, 0.15) is 18.1 Å². The van der Waals surface area contributed by atoms with Crippen LogP contribution in [-0.4, -0.2) is 35.3 Å². The Labute approximate surface area is 221 Å². The molecule has 0 aliphatic rings. The molecule has 2 amide bonds. The molecule has 182 valence electrons. The van der Waals surface area contributed by atoms with E-state index in [1.807, 2.05) is 30.3 Å². The first-order valence-corrected chi connectivity index (χ1v) is 12.0. The Kier molecular flexibility index (Phi) is 9.54. The number of phenols is 1. The number of aromatic hydroxyl groups is 1. The number of hydrazone groups is 1. The largest absolute Gasteiger partial charge is 0.507 e. The number of phenolic OH excluding ortho intramolecular Hbond substituents is 1. The average Bonchev–Trinajstić information content (AvgIpc) is 2.83. The molecule has 0 aliphatic heterocycles. The molecule has 3 rings (SSSR count). The van der Waals surface area contributed by atoms with Crippen LogP contribution in [0, 0.1) is 0 Å². The Hall–Kier alpha value is -3.07. The molecule has 3 aromatic carbocycles. The van der Waals surface area contributed by atoms with Crippen LogP contribution in [0.4, 0.5) is 0 Å². The minimum atomic E-state index is -0.933. The zero-order chi connectivity index (χ0) is 25.4. The van der Waals surface area contributed by atoms with Gasteiger partial charge in [-0.2, -0.15) is 5.10 Å². The molecule has 0 aliphatic carbocycles. The maximum Gasteiger partial charge on any atom is 0.262 e. The summed E-state index contributed by atoms with van der Waals surface area (Å²) >= 11 is 15.3. The van der Waals surface area contributed by atoms with Crippen molar-refractivity contribution in [1.29, 1.82) is 0 Å². The van der Waals surface area contributed by atoms with Crippen molar-refractivity contribution >= 4 is 57.2 Å². The second kappa shape index (κ2) is 12.6. The van der Waals surface area contributed by atoms with Crippen molar-refractivity contribution in [3.05, 3.63) is 92.4 Å². The molecule has 0 spiro atoms. The van der Waals surface area contributed by atoms with E-state index in [9.17, 15) is 14.7 Å². The Balaban J connectivity index is 1.69. The van der Waals surface area contributed by atoms with Gasteiger partial charge in [0.25, 0.3) is 11.8 Å². The molecule has 2 atom stereocenters. The van der Waals surface area contributed by atoms with E-state index in [0.717, 1.165) is 5.56 Å². The molecule has 7 nitrogen and oxygen atoms in total. The predicted octanol–water partition coefficient (Wildman–Crippen LogP) is 5.11. The van der Waals surface area contributed by atoms with Crippen molar-refractivity contribution in [1.82, 2.24) is 10.7 Å². The highest BCUT2D eigenvalue weighted by atomic mass is 79.9. The first-order chi connectivity index (χ1) is 16.7. The van der Waals surface area contributed by atoms with Crippen LogP contribution >= 0.6 is 39.1 Å². The van der Waals surface area contributed by atoms with Crippen LogP contribution in [0.5, 0.6) is 11.5 Å². The number of carbonyl (C=O) groups excluding carboxylic acids is 2. The maximum absolute atomic E-state index is 12.9. The number of carbonyl (C=O) groups is 2. The number of hydrogen-bond acceptors (Lipinski definition) is 5. The van der Waals surface area contributed by atoms with Crippen molar-refractivity contribution < 1.29 is 19.4 Å². The van der Waals surface area contributed by atoms with Crippen molar-refractivity contribution in [2.45, 2.75) is 25.5 Å². The summed E-state index contributed by atoms with van der Waals surface area (Å²) in [6.45, 7) is 1.55. The molecule has 3 aromatic rings. The normalized spacial score (nSPS) is 12.7. The summed E-state index contributed by atoms with van der Waals surface area (Å²) in [5.41, 5.74) is 3.96. The fourth-order valence-electron chi connectivity index (χ4n) is 3.01. The van der Waals surface area contributed by atoms with E-state index >= 15 is 0 Å². The number of halogens is 3. The molecule has 0 heterocycles. The number of nitrogens with one attached hydrogen (secondary N) is 2. The fraction of sp³-hybridized carbons (Fsp3) is 0.160. The molecule has 3 N–H and O–H groups in total. The molecule has 0 aromatic heterocycles. The Morgan fingerprint density at radius 2 is 1.83 bits per heavy atom. The Morgan fingerprint density at radius 1 is 1.09 bits per heavy atom. The van der Waals surface area contributed by atoms with Gasteiger partial charge in [-0.15, -0.1) is 0 Å². The van der Waals surface area contributed by atoms with Gasteiger partial charge in [-0.1, -0.05) is 53.5 Å². The van der Waals surface area contributed by atoms with Crippen molar-refractivity contribution in [3.63, 3.8) is 0 Å². The van der Waals surface area contributed by atoms with Gasteiger partial charge in [-0.05, 0) is 70.4 Å². The molecule has 0 saturated heterocycles. The lowest BCUT2D eigenvalue weighted by molar-refractivity contribution is -0.132. The minimum absolute atomic E-state index is 0.0908. The van der Waals surface area contributed by atoms with Crippen LogP contribution in [-0.2, 0) is 16.0 Å². The highest BCUT2D eigenvalue weighted by Gasteiger charge is 2.25. The Bertz CT molecular complexity index is 1220. The summed E-state index contributed by atoms with van der Waals surface area (Å²) in [6.07, 6.45) is 0.739. The lowest BCUT2D eigenvalue weighted by atomic mass is 10.1. The van der Waals surface area contributed by atoms with Crippen molar-refractivity contribution in [3.8, 4) is 11.5 Å². The number of ether oxygens (including phenoxy) is 1. The molecule has 0 bridgehead atoms. The van der Waals surface area contributed by atoms with Crippen LogP contribution in [0.25, 0.3) is 0 Å². The monoisotopic (exact) mass is 577 g/mol. The summed E-state index contributed by atoms with van der Waals surface area (Å²) in [7, 11) is 0. The van der Waals surface area contributed by atoms with Gasteiger partial charge in [0.15, 0.2) is 6.10 Å². The third-order valence-corrected chi connectivity index (χ3v) is 6.01. The van der Waals surface area contributed by atoms with Gasteiger partial charge >= 0.3 is 0 Å². The highest BCUT2D eigenvalue weighted by molar-refractivity contribution is 9.10. The second-order valence-corrected chi connectivity index (χ2v) is 9.23. The number of hydrogen-bond donors (Lipinski definition) is 3. The lowest BCUT2D eigenvalue weighted by Gasteiger charge is -2.21. The van der Waals surface area contributed by atoms with Gasteiger partial charge < -0.3 is 15.2 Å². The number of benzene rings is 3. The van der Waals surface area contributed by atoms with Gasteiger partial charge in [0, 0.05) is 11.4 Å². The molecular formula is C25H22BrCl2N3O4. The standard InChI is InChI=1S/C25H22BrCl2N3O4/c1-15(35-23-10-8-18(27)13-20(23)28)24(33)30-21(12-16-5-3-2-4-6-16)25(34)31-29-14-17-7-9-22(32)19(26)11-17/h2-11,13-15,21,32H,12H2,1H3,(H,30,33)(H,31,34)/b29-14-/t15-,21+/m0/s1. The third-order valence-electron chi connectivity index (χ3n) is 4.84. The molecule has 35 heavy (non-hydrogen) atoms. The van der Waals surface area contributed by atoms with E-state index in [-0.39, 0.29) is 17.2 Å². The summed E-state index contributed by atoms with van der Waals surface area (Å²) in [4.78, 5) is 25.7. The first kappa shape index (κ1) is 26.5. The second-order valence-electron chi connectivity index (χ2n) is 7.53. The summed E-state index contributed by atoms with van der Waals surface area (Å²) in [6, 6.07) is 17.8. The fourth-order valence-corrected chi connectivity index (χ4v) is 3.86. The molecule has 0 fully saturated rings. The summed E-state index contributed by atoms with van der Waals surface area (Å²) in [5, 5.41) is 17.0. The predicted molar refractivity (Wildman–Crippen MR) is 140 cm³/mol. The summed E-state index contributed by atoms with van der Waals surface area (Å²) in [5.74, 6) is -0.618. The molecule has 10 heteroatoms. The molecule has 0 saturated carbocycles. The van der Waals surface area contributed by atoms with E-state index in [1.165, 1.54) is 18.3 Å². The minimum Gasteiger partial charge on any atom is -0.507 e. The third kappa shape index (κ3) is 7.99. The first-order valence-electron chi connectivity index (χ1n) is 10.5. The van der Waals surface area contributed by atoms with E-state index in [1.54, 1.807) is 31.2 Å². The topological polar surface area (TPSA) is 100 Å². The molecule has 0 unspecified atom stereocenters. The van der Waals surface area contributed by atoms with Crippen LogP contribution in [0.2, 0.25) is 10.0 Å². The van der Waals surface area contributed by atoms with Gasteiger partial charge in [0.1, 0.15) is 17.5 Å². The van der Waals surface area contributed by atoms with Crippen molar-refractivity contribution in [2.75, 3.05) is 0 Å². The average molecular weight is 579 g/mol. The Morgan fingerprint density at radius 3 is 2.51 bits per heavy atom. The van der Waals surface area contributed by atoms with Gasteiger partial charge in [-0.3, -0.25) is 9.59 Å². The molecular weight excluding hydrogens is 557 g/mol. The number of nitrogens with zero attached hydrogens (tertiary/aromatic N) is 1. The SMILES string of the molecule is C[C@H](Oc1ccc(Cl)cc1Cl)C(=O)N[C@H](Cc1ccccc1)C(=O)N/N=C\c1ccc(O)c(Br)c1. The van der Waals surface area contributed by atoms with E-state index < -0.39 is 24.0 Å². The van der Waals surface area contributed by atoms with E-state index in [4.69, 9.17) is 27.9 Å². The lowest BCUT2D eigenvalue weighted by Crippen LogP contribution is -2.50. The zero-order valence-corrected chi connectivity index (χ0v) is 21.6.